The van der Waals surface area contributed by atoms with Gasteiger partial charge in [0.1, 0.15) is 5.82 Å². The molecule has 138 valence electrons. The number of hydrogen-bond donors (Lipinski definition) is 1. The number of benzene rings is 2. The Labute approximate surface area is 152 Å². The molecule has 0 aliphatic rings. The van der Waals surface area contributed by atoms with Crippen LogP contribution < -0.4 is 5.32 Å². The second kappa shape index (κ2) is 7.19. The third kappa shape index (κ3) is 4.13. The SMILES string of the molecule is C=C(CC(=O)Nc1cccc2cnccc12)c1ccc(C(F)(F)F)c(F)c1. The molecule has 0 bridgehead atoms. The van der Waals surface area contributed by atoms with Crippen molar-refractivity contribution in [3.05, 3.63) is 78.4 Å². The molecule has 27 heavy (non-hydrogen) atoms. The van der Waals surface area contributed by atoms with Gasteiger partial charge < -0.3 is 5.32 Å². The van der Waals surface area contributed by atoms with E-state index in [0.717, 1.165) is 22.9 Å². The lowest BCUT2D eigenvalue weighted by Crippen LogP contribution is -2.12. The molecule has 1 heterocycles. The van der Waals surface area contributed by atoms with Gasteiger partial charge in [0.2, 0.25) is 5.91 Å². The van der Waals surface area contributed by atoms with E-state index in [9.17, 15) is 22.4 Å². The van der Waals surface area contributed by atoms with Crippen LogP contribution in [0.5, 0.6) is 0 Å². The second-order valence-corrected chi connectivity index (χ2v) is 5.92. The fourth-order valence-corrected chi connectivity index (χ4v) is 2.69. The number of amides is 1. The number of hydrogen-bond acceptors (Lipinski definition) is 2. The summed E-state index contributed by atoms with van der Waals surface area (Å²) in [7, 11) is 0. The molecule has 0 spiro atoms. The molecule has 1 N–H and O–H groups in total. The summed E-state index contributed by atoms with van der Waals surface area (Å²) in [5, 5.41) is 4.38. The molecule has 3 rings (SSSR count). The Morgan fingerprint density at radius 1 is 1.15 bits per heavy atom. The van der Waals surface area contributed by atoms with E-state index in [-0.39, 0.29) is 17.6 Å². The molecule has 0 fully saturated rings. The number of carbonyl (C=O) groups excluding carboxylic acids is 1. The zero-order valence-electron chi connectivity index (χ0n) is 14.0. The molecule has 3 nitrogen and oxygen atoms in total. The molecule has 2 aromatic carbocycles. The van der Waals surface area contributed by atoms with Crippen LogP contribution in [0.1, 0.15) is 17.5 Å². The van der Waals surface area contributed by atoms with Crippen LogP contribution >= 0.6 is 0 Å². The van der Waals surface area contributed by atoms with E-state index in [0.29, 0.717) is 11.8 Å². The smallest absolute Gasteiger partial charge is 0.325 e. The third-order valence-corrected chi connectivity index (χ3v) is 4.01. The van der Waals surface area contributed by atoms with Gasteiger partial charge in [-0.2, -0.15) is 13.2 Å². The number of aromatic nitrogens is 1. The zero-order chi connectivity index (χ0) is 19.6. The molecule has 0 unspecified atom stereocenters. The van der Waals surface area contributed by atoms with Crippen LogP contribution in [0.3, 0.4) is 0 Å². The van der Waals surface area contributed by atoms with Crippen molar-refractivity contribution in [3.63, 3.8) is 0 Å². The van der Waals surface area contributed by atoms with Gasteiger partial charge in [-0.05, 0) is 35.4 Å². The zero-order valence-corrected chi connectivity index (χ0v) is 14.0. The molecule has 0 saturated heterocycles. The van der Waals surface area contributed by atoms with Crippen molar-refractivity contribution in [1.82, 2.24) is 4.98 Å². The maximum atomic E-state index is 13.7. The quantitative estimate of drug-likeness (QED) is 0.619. The predicted molar refractivity (Wildman–Crippen MR) is 95.4 cm³/mol. The summed E-state index contributed by atoms with van der Waals surface area (Å²) in [5.41, 5.74) is -0.432. The van der Waals surface area contributed by atoms with Gasteiger partial charge in [-0.25, -0.2) is 4.39 Å². The number of nitrogens with zero attached hydrogens (tertiary/aromatic N) is 1. The lowest BCUT2D eigenvalue weighted by molar-refractivity contribution is -0.140. The van der Waals surface area contributed by atoms with Crippen molar-refractivity contribution in [2.45, 2.75) is 12.6 Å². The minimum absolute atomic E-state index is 0.137. The van der Waals surface area contributed by atoms with Crippen LogP contribution in [-0.4, -0.2) is 10.9 Å². The fourth-order valence-electron chi connectivity index (χ4n) is 2.69. The highest BCUT2D eigenvalue weighted by Gasteiger charge is 2.34. The van der Waals surface area contributed by atoms with Crippen LogP contribution in [0.15, 0.2) is 61.4 Å². The van der Waals surface area contributed by atoms with Crippen molar-refractivity contribution < 1.29 is 22.4 Å². The summed E-state index contributed by atoms with van der Waals surface area (Å²) in [5.74, 6) is -1.81. The normalized spacial score (nSPS) is 11.4. The van der Waals surface area contributed by atoms with Gasteiger partial charge >= 0.3 is 6.18 Å². The Kier molecular flexibility index (Phi) is 4.94. The van der Waals surface area contributed by atoms with Gasteiger partial charge in [0.15, 0.2) is 0 Å². The van der Waals surface area contributed by atoms with E-state index >= 15 is 0 Å². The molecule has 1 aromatic heterocycles. The van der Waals surface area contributed by atoms with Crippen LogP contribution in [-0.2, 0) is 11.0 Å². The number of rotatable bonds is 4. The van der Waals surface area contributed by atoms with Gasteiger partial charge in [0.25, 0.3) is 0 Å². The largest absolute Gasteiger partial charge is 0.419 e. The standard InChI is InChI=1S/C20H14F4N2O/c1-12(13-5-6-16(17(21)10-13)20(22,23)24)9-19(27)26-18-4-2-3-14-11-25-8-7-15(14)18/h2-8,10-11H,1,9H2,(H,26,27). The minimum atomic E-state index is -4.77. The van der Waals surface area contributed by atoms with E-state index in [1.54, 1.807) is 30.6 Å². The summed E-state index contributed by atoms with van der Waals surface area (Å²) in [6.07, 6.45) is -1.70. The number of fused-ring (bicyclic) bond motifs is 1. The van der Waals surface area contributed by atoms with Gasteiger partial charge in [0, 0.05) is 28.9 Å². The molecule has 1 amide bonds. The van der Waals surface area contributed by atoms with Crippen molar-refractivity contribution in [3.8, 4) is 0 Å². The highest BCUT2D eigenvalue weighted by Crippen LogP contribution is 2.33. The highest BCUT2D eigenvalue weighted by atomic mass is 19.4. The summed E-state index contributed by atoms with van der Waals surface area (Å²) in [4.78, 5) is 16.3. The van der Waals surface area contributed by atoms with Crippen molar-refractivity contribution >= 4 is 27.9 Å². The average molecular weight is 374 g/mol. The van der Waals surface area contributed by atoms with Gasteiger partial charge in [-0.1, -0.05) is 24.8 Å². The Morgan fingerprint density at radius 3 is 2.63 bits per heavy atom. The van der Waals surface area contributed by atoms with E-state index in [4.69, 9.17) is 0 Å². The van der Waals surface area contributed by atoms with E-state index in [1.165, 1.54) is 0 Å². The molecule has 0 aliphatic heterocycles. The van der Waals surface area contributed by atoms with Crippen molar-refractivity contribution in [1.29, 1.82) is 0 Å². The van der Waals surface area contributed by atoms with Crippen molar-refractivity contribution in [2.24, 2.45) is 0 Å². The molecule has 0 aliphatic carbocycles. The Morgan fingerprint density at radius 2 is 1.93 bits per heavy atom. The first-order valence-electron chi connectivity index (χ1n) is 7.93. The number of carbonyl (C=O) groups is 1. The van der Waals surface area contributed by atoms with Crippen molar-refractivity contribution in [2.75, 3.05) is 5.32 Å². The Balaban J connectivity index is 1.74. The maximum absolute atomic E-state index is 13.7. The molecular formula is C20H14F4N2O. The highest BCUT2D eigenvalue weighted by molar-refractivity contribution is 6.04. The number of nitrogens with one attached hydrogen (secondary N) is 1. The number of alkyl halides is 3. The van der Waals surface area contributed by atoms with Gasteiger partial charge in [-0.3, -0.25) is 9.78 Å². The maximum Gasteiger partial charge on any atom is 0.419 e. The first-order chi connectivity index (χ1) is 12.8. The van der Waals surface area contributed by atoms with Crippen LogP contribution in [0.25, 0.3) is 16.3 Å². The van der Waals surface area contributed by atoms with E-state index < -0.39 is 23.5 Å². The molecule has 0 saturated carbocycles. The molecular weight excluding hydrogens is 360 g/mol. The van der Waals surface area contributed by atoms with E-state index in [1.807, 2.05) is 6.07 Å². The lowest BCUT2D eigenvalue weighted by atomic mass is 10.0. The molecule has 3 aromatic rings. The van der Waals surface area contributed by atoms with Gasteiger partial charge in [-0.15, -0.1) is 0 Å². The number of halogens is 4. The summed E-state index contributed by atoms with van der Waals surface area (Å²) in [6, 6.07) is 9.58. The second-order valence-electron chi connectivity index (χ2n) is 5.92. The third-order valence-electron chi connectivity index (χ3n) is 4.01. The number of pyridine rings is 1. The minimum Gasteiger partial charge on any atom is -0.325 e. The Bertz CT molecular complexity index is 1020. The number of anilines is 1. The summed E-state index contributed by atoms with van der Waals surface area (Å²) >= 11 is 0. The topological polar surface area (TPSA) is 42.0 Å². The molecule has 0 radical (unpaired) electrons. The van der Waals surface area contributed by atoms with Gasteiger partial charge in [0.05, 0.1) is 12.0 Å². The summed E-state index contributed by atoms with van der Waals surface area (Å²) < 4.78 is 51.6. The predicted octanol–water partition coefficient (Wildman–Crippen LogP) is 5.43. The lowest BCUT2D eigenvalue weighted by Gasteiger charge is -2.12. The first-order valence-corrected chi connectivity index (χ1v) is 7.93. The van der Waals surface area contributed by atoms with Crippen LogP contribution in [0.2, 0.25) is 0 Å². The van der Waals surface area contributed by atoms with E-state index in [2.05, 4.69) is 16.9 Å². The fraction of sp³-hybridized carbons (Fsp3) is 0.100. The molecule has 0 atom stereocenters. The van der Waals surface area contributed by atoms with Crippen LogP contribution in [0, 0.1) is 5.82 Å². The average Bonchev–Trinajstić information content (AvgIpc) is 2.60. The monoisotopic (exact) mass is 374 g/mol. The molecule has 7 heteroatoms. The summed E-state index contributed by atoms with van der Waals surface area (Å²) in [6.45, 7) is 3.68. The van der Waals surface area contributed by atoms with Crippen LogP contribution in [0.4, 0.5) is 23.2 Å². The first kappa shape index (κ1) is 18.6. The Hall–Kier alpha value is -3.22.